The lowest BCUT2D eigenvalue weighted by Crippen LogP contribution is -2.46. The first-order valence-electron chi connectivity index (χ1n) is 8.42. The molecule has 1 atom stereocenters. The Hall–Kier alpha value is -3.94. The second-order valence-corrected chi connectivity index (χ2v) is 5.74. The number of para-hydroxylation sites is 2. The Labute approximate surface area is 160 Å². The summed E-state index contributed by atoms with van der Waals surface area (Å²) in [6.45, 7) is 1.38. The Morgan fingerprint density at radius 3 is 2.50 bits per heavy atom. The highest BCUT2D eigenvalue weighted by molar-refractivity contribution is 5.96. The van der Waals surface area contributed by atoms with Gasteiger partial charge in [-0.2, -0.15) is 0 Å². The molecule has 0 radical (unpaired) electrons. The van der Waals surface area contributed by atoms with E-state index in [0.29, 0.717) is 16.7 Å². The molecule has 0 spiro atoms. The monoisotopic (exact) mass is 379 g/mol. The van der Waals surface area contributed by atoms with Gasteiger partial charge in [-0.3, -0.25) is 20.4 Å². The topological polar surface area (TPSA) is 111 Å². The number of esters is 1. The minimum atomic E-state index is -1.11. The van der Waals surface area contributed by atoms with Crippen LogP contribution in [0.2, 0.25) is 0 Å². The SMILES string of the molecule is C[C@@H](OC(=O)/C=C/c1nc2ccccc2o1)C(=O)NNC(=O)c1ccccc1. The van der Waals surface area contributed by atoms with Crippen LogP contribution in [-0.2, 0) is 14.3 Å². The fourth-order valence-electron chi connectivity index (χ4n) is 2.25. The summed E-state index contributed by atoms with van der Waals surface area (Å²) in [6.07, 6.45) is 1.35. The zero-order valence-corrected chi connectivity index (χ0v) is 14.9. The van der Waals surface area contributed by atoms with E-state index in [4.69, 9.17) is 9.15 Å². The first kappa shape index (κ1) is 18.8. The number of fused-ring (bicyclic) bond motifs is 1. The number of aromatic nitrogens is 1. The van der Waals surface area contributed by atoms with Crippen molar-refractivity contribution in [2.45, 2.75) is 13.0 Å². The van der Waals surface area contributed by atoms with Gasteiger partial charge in [0, 0.05) is 17.7 Å². The number of benzene rings is 2. The Morgan fingerprint density at radius 1 is 1.04 bits per heavy atom. The van der Waals surface area contributed by atoms with Gasteiger partial charge in [-0.25, -0.2) is 9.78 Å². The van der Waals surface area contributed by atoms with Crippen LogP contribution in [0.25, 0.3) is 17.2 Å². The Kier molecular flexibility index (Phi) is 5.81. The van der Waals surface area contributed by atoms with Gasteiger partial charge >= 0.3 is 5.97 Å². The van der Waals surface area contributed by atoms with Crippen molar-refractivity contribution in [3.05, 3.63) is 72.1 Å². The third kappa shape index (κ3) is 4.82. The maximum Gasteiger partial charge on any atom is 0.331 e. The first-order valence-corrected chi connectivity index (χ1v) is 8.42. The van der Waals surface area contributed by atoms with E-state index in [2.05, 4.69) is 15.8 Å². The lowest BCUT2D eigenvalue weighted by Gasteiger charge is -2.13. The molecular weight excluding hydrogens is 362 g/mol. The summed E-state index contributed by atoms with van der Waals surface area (Å²) in [6, 6.07) is 15.5. The second kappa shape index (κ2) is 8.63. The van der Waals surface area contributed by atoms with Gasteiger partial charge in [0.05, 0.1) is 0 Å². The van der Waals surface area contributed by atoms with Gasteiger partial charge in [0.2, 0.25) is 5.89 Å². The number of hydrogen-bond acceptors (Lipinski definition) is 6. The molecule has 0 unspecified atom stereocenters. The summed E-state index contributed by atoms with van der Waals surface area (Å²) in [4.78, 5) is 39.9. The third-order valence-electron chi connectivity index (χ3n) is 3.67. The normalized spacial score (nSPS) is 11.9. The summed E-state index contributed by atoms with van der Waals surface area (Å²) in [7, 11) is 0. The summed E-state index contributed by atoms with van der Waals surface area (Å²) >= 11 is 0. The zero-order valence-electron chi connectivity index (χ0n) is 14.9. The van der Waals surface area contributed by atoms with Crippen LogP contribution >= 0.6 is 0 Å². The van der Waals surface area contributed by atoms with Gasteiger partial charge in [0.1, 0.15) is 5.52 Å². The van der Waals surface area contributed by atoms with E-state index in [1.165, 1.54) is 13.0 Å². The molecule has 2 N–H and O–H groups in total. The highest BCUT2D eigenvalue weighted by Crippen LogP contribution is 2.15. The van der Waals surface area contributed by atoms with E-state index >= 15 is 0 Å². The van der Waals surface area contributed by atoms with Crippen molar-refractivity contribution in [2.24, 2.45) is 0 Å². The van der Waals surface area contributed by atoms with Crippen molar-refractivity contribution in [1.82, 2.24) is 15.8 Å². The molecule has 1 heterocycles. The Morgan fingerprint density at radius 2 is 1.75 bits per heavy atom. The van der Waals surface area contributed by atoms with E-state index in [1.54, 1.807) is 42.5 Å². The van der Waals surface area contributed by atoms with E-state index in [-0.39, 0.29) is 5.89 Å². The quantitative estimate of drug-likeness (QED) is 0.400. The number of carbonyl (C=O) groups is 3. The predicted molar refractivity (Wildman–Crippen MR) is 101 cm³/mol. The van der Waals surface area contributed by atoms with Crippen LogP contribution in [0.3, 0.4) is 0 Å². The fraction of sp³-hybridized carbons (Fsp3) is 0.100. The molecule has 0 aliphatic carbocycles. The second-order valence-electron chi connectivity index (χ2n) is 5.74. The van der Waals surface area contributed by atoms with Crippen LogP contribution in [-0.4, -0.2) is 28.9 Å². The van der Waals surface area contributed by atoms with Gasteiger partial charge < -0.3 is 9.15 Å². The summed E-state index contributed by atoms with van der Waals surface area (Å²) in [5.41, 5.74) is 6.10. The molecule has 0 saturated heterocycles. The van der Waals surface area contributed by atoms with Crippen LogP contribution in [0.1, 0.15) is 23.2 Å². The van der Waals surface area contributed by atoms with Gasteiger partial charge in [-0.15, -0.1) is 0 Å². The molecule has 2 aromatic carbocycles. The molecule has 0 fully saturated rings. The molecule has 142 valence electrons. The predicted octanol–water partition coefficient (Wildman–Crippen LogP) is 2.23. The van der Waals surface area contributed by atoms with Crippen molar-refractivity contribution in [3.8, 4) is 0 Å². The van der Waals surface area contributed by atoms with Crippen molar-refractivity contribution < 1.29 is 23.5 Å². The molecule has 1 aromatic heterocycles. The molecule has 3 aromatic rings. The molecule has 8 heteroatoms. The van der Waals surface area contributed by atoms with Crippen LogP contribution in [0.4, 0.5) is 0 Å². The number of nitrogens with zero attached hydrogens (tertiary/aromatic N) is 1. The lowest BCUT2D eigenvalue weighted by molar-refractivity contribution is -0.150. The molecule has 8 nitrogen and oxygen atoms in total. The minimum Gasteiger partial charge on any atom is -0.449 e. The number of amides is 2. The minimum absolute atomic E-state index is 0.241. The Balaban J connectivity index is 1.49. The summed E-state index contributed by atoms with van der Waals surface area (Å²) in [5.74, 6) is -1.67. The van der Waals surface area contributed by atoms with Crippen molar-refractivity contribution in [3.63, 3.8) is 0 Å². The number of ether oxygens (including phenoxy) is 1. The number of carbonyl (C=O) groups excluding carboxylic acids is 3. The van der Waals surface area contributed by atoms with Crippen LogP contribution in [0.5, 0.6) is 0 Å². The van der Waals surface area contributed by atoms with Crippen molar-refractivity contribution in [1.29, 1.82) is 0 Å². The molecule has 0 saturated carbocycles. The molecule has 3 rings (SSSR count). The highest BCUT2D eigenvalue weighted by Gasteiger charge is 2.17. The van der Waals surface area contributed by atoms with Gasteiger partial charge in [0.25, 0.3) is 11.8 Å². The molecule has 0 bridgehead atoms. The molecular formula is C20H17N3O5. The number of nitrogens with one attached hydrogen (secondary N) is 2. The van der Waals surface area contributed by atoms with Crippen molar-refractivity contribution in [2.75, 3.05) is 0 Å². The average Bonchev–Trinajstić information content (AvgIpc) is 3.14. The number of rotatable bonds is 5. The van der Waals surface area contributed by atoms with Crippen LogP contribution < -0.4 is 10.9 Å². The van der Waals surface area contributed by atoms with E-state index in [0.717, 1.165) is 6.08 Å². The smallest absolute Gasteiger partial charge is 0.331 e. The average molecular weight is 379 g/mol. The Bertz CT molecular complexity index is 994. The first-order chi connectivity index (χ1) is 13.5. The largest absolute Gasteiger partial charge is 0.449 e. The van der Waals surface area contributed by atoms with E-state index in [1.807, 2.05) is 12.1 Å². The number of oxazole rings is 1. The molecule has 0 aliphatic rings. The van der Waals surface area contributed by atoms with Crippen molar-refractivity contribution >= 4 is 35.0 Å². The standard InChI is InChI=1S/C20H17N3O5/c1-13(19(25)22-23-20(26)14-7-3-2-4-8-14)27-18(24)12-11-17-21-15-9-5-6-10-16(15)28-17/h2-13H,1H3,(H,22,25)(H,23,26)/b12-11+/t13-/m1/s1. The van der Waals surface area contributed by atoms with Gasteiger partial charge in [0.15, 0.2) is 11.7 Å². The lowest BCUT2D eigenvalue weighted by atomic mass is 10.2. The fourth-order valence-corrected chi connectivity index (χ4v) is 2.25. The molecule has 2 amide bonds. The third-order valence-corrected chi connectivity index (χ3v) is 3.67. The van der Waals surface area contributed by atoms with Gasteiger partial charge in [-0.05, 0) is 31.2 Å². The number of hydrazine groups is 1. The highest BCUT2D eigenvalue weighted by atomic mass is 16.5. The zero-order chi connectivity index (χ0) is 19.9. The summed E-state index contributed by atoms with van der Waals surface area (Å²) < 4.78 is 10.4. The molecule has 28 heavy (non-hydrogen) atoms. The maximum atomic E-state index is 11.9. The van der Waals surface area contributed by atoms with Crippen LogP contribution in [0, 0.1) is 0 Å². The summed E-state index contributed by atoms with van der Waals surface area (Å²) in [5, 5.41) is 0. The maximum absolute atomic E-state index is 11.9. The van der Waals surface area contributed by atoms with E-state index < -0.39 is 23.9 Å². The number of hydrogen-bond donors (Lipinski definition) is 2. The molecule has 0 aliphatic heterocycles. The van der Waals surface area contributed by atoms with Gasteiger partial charge in [-0.1, -0.05) is 30.3 Å². The van der Waals surface area contributed by atoms with Crippen LogP contribution in [0.15, 0.2) is 65.1 Å². The van der Waals surface area contributed by atoms with E-state index in [9.17, 15) is 14.4 Å².